The largest absolute Gasteiger partial charge is 0.0916 e. The Balaban J connectivity index is 2.10. The predicted molar refractivity (Wildman–Crippen MR) is 71.8 cm³/mol. The monoisotopic (exact) mass is 214 g/mol. The maximum absolute atomic E-state index is 6.45. The van der Waals surface area contributed by atoms with E-state index in [0.29, 0.717) is 5.92 Å². The molecule has 3 unspecified atom stereocenters. The normalized spacial score (nSPS) is 36.1. The molecule has 3 atom stereocenters. The predicted octanol–water partition coefficient (Wildman–Crippen LogP) is 3.70. The van der Waals surface area contributed by atoms with Crippen molar-refractivity contribution in [2.24, 2.45) is 23.2 Å². The fourth-order valence-electron chi connectivity index (χ4n) is 3.66. The number of rotatable bonds is 1. The quantitative estimate of drug-likeness (QED) is 0.583. The summed E-state index contributed by atoms with van der Waals surface area (Å²) in [6.45, 7) is 6.53. The van der Waals surface area contributed by atoms with E-state index in [2.05, 4.69) is 20.8 Å². The molecule has 2 aliphatic rings. The average molecular weight is 214 g/mol. The first-order valence-electron chi connectivity index (χ1n) is 6.88. The van der Waals surface area contributed by atoms with Crippen LogP contribution in [0.2, 0.25) is 5.21 Å². The van der Waals surface area contributed by atoms with Crippen LogP contribution in [-0.4, -0.2) is 15.7 Å². The lowest BCUT2D eigenvalue weighted by atomic mass is 9.37. The van der Waals surface area contributed by atoms with Crippen LogP contribution in [0.25, 0.3) is 0 Å². The van der Waals surface area contributed by atoms with Crippen LogP contribution in [0.4, 0.5) is 0 Å². The Labute approximate surface area is 104 Å². The molecule has 2 heteroatoms. The first kappa shape index (κ1) is 12.6. The van der Waals surface area contributed by atoms with Gasteiger partial charge in [0.2, 0.25) is 0 Å². The summed E-state index contributed by atoms with van der Waals surface area (Å²) in [6, 6.07) is 0. The van der Waals surface area contributed by atoms with Gasteiger partial charge in [-0.3, -0.25) is 0 Å². The maximum Gasteiger partial charge on any atom is 0.0631 e. The minimum atomic E-state index is -0.502. The zero-order valence-corrected chi connectivity index (χ0v) is 11.1. The van der Waals surface area contributed by atoms with Crippen LogP contribution in [0.3, 0.4) is 0 Å². The Morgan fingerprint density at radius 3 is 2.00 bits per heavy atom. The van der Waals surface area contributed by atoms with Gasteiger partial charge in [-0.05, 0) is 30.1 Å². The van der Waals surface area contributed by atoms with Gasteiger partial charge in [0, 0.05) is 0 Å². The van der Waals surface area contributed by atoms with E-state index in [9.17, 15) is 0 Å². The van der Waals surface area contributed by atoms with Crippen LogP contribution in [0, 0.1) is 23.2 Å². The van der Waals surface area contributed by atoms with Crippen molar-refractivity contribution < 1.29 is 0 Å². The van der Waals surface area contributed by atoms with Crippen molar-refractivity contribution in [2.45, 2.75) is 64.5 Å². The molecule has 2 fully saturated rings. The zero-order valence-electron chi connectivity index (χ0n) is 11.1. The summed E-state index contributed by atoms with van der Waals surface area (Å²) in [4.78, 5) is 0. The van der Waals surface area contributed by atoms with Crippen LogP contribution in [-0.2, 0) is 0 Å². The number of fused-ring (bicyclic) bond motifs is 2. The average Bonchev–Trinajstić information content (AvgIpc) is 2.43. The Hall–Kier alpha value is 0.130. The molecule has 0 saturated heterocycles. The van der Waals surface area contributed by atoms with Gasteiger partial charge in [0.25, 0.3) is 0 Å². The highest BCUT2D eigenvalue weighted by molar-refractivity contribution is 6.40. The molecule has 0 aromatic heterocycles. The lowest BCUT2D eigenvalue weighted by molar-refractivity contribution is 0.215. The standard InChI is InChI=1S/C14H24B2/c1-13(2,3)14(15,16)12-7-6-10-4-5-11(8-10)9-12/h10-12H,4-9H2,1-3H3. The summed E-state index contributed by atoms with van der Waals surface area (Å²) in [5.74, 6) is 2.40. The zero-order chi connectivity index (χ0) is 12.0. The van der Waals surface area contributed by atoms with Crippen molar-refractivity contribution in [2.75, 3.05) is 0 Å². The third-order valence-electron chi connectivity index (χ3n) is 5.17. The van der Waals surface area contributed by atoms with E-state index in [-0.39, 0.29) is 5.41 Å². The van der Waals surface area contributed by atoms with Crippen molar-refractivity contribution in [3.63, 3.8) is 0 Å². The first-order chi connectivity index (χ1) is 7.30. The van der Waals surface area contributed by atoms with Crippen molar-refractivity contribution in [1.82, 2.24) is 0 Å². The van der Waals surface area contributed by atoms with Gasteiger partial charge in [0.1, 0.15) is 0 Å². The van der Waals surface area contributed by atoms with Crippen molar-refractivity contribution in [3.05, 3.63) is 0 Å². The molecule has 2 rings (SSSR count). The van der Waals surface area contributed by atoms with Crippen LogP contribution in [0.1, 0.15) is 59.3 Å². The Morgan fingerprint density at radius 1 is 0.812 bits per heavy atom. The van der Waals surface area contributed by atoms with E-state index in [1.54, 1.807) is 0 Å². The van der Waals surface area contributed by atoms with Crippen LogP contribution < -0.4 is 0 Å². The molecule has 0 aromatic carbocycles. The molecule has 0 aromatic rings. The van der Waals surface area contributed by atoms with Crippen molar-refractivity contribution in [1.29, 1.82) is 0 Å². The Bertz CT molecular complexity index is 252. The third-order valence-corrected chi connectivity index (χ3v) is 5.17. The molecule has 0 nitrogen and oxygen atoms in total. The molecule has 86 valence electrons. The molecule has 2 bridgehead atoms. The minimum absolute atomic E-state index is 0.00124. The van der Waals surface area contributed by atoms with Gasteiger partial charge < -0.3 is 0 Å². The molecule has 0 heterocycles. The SMILES string of the molecule is [B]C([B])(C1CCC2CCC(C2)C1)C(C)(C)C. The highest BCUT2D eigenvalue weighted by Gasteiger charge is 2.42. The summed E-state index contributed by atoms with van der Waals surface area (Å²) in [6.07, 6.45) is 8.17. The Morgan fingerprint density at radius 2 is 1.38 bits per heavy atom. The second-order valence-electron chi connectivity index (χ2n) is 7.24. The van der Waals surface area contributed by atoms with Crippen LogP contribution in [0.5, 0.6) is 0 Å². The van der Waals surface area contributed by atoms with Gasteiger partial charge in [-0.15, -0.1) is 0 Å². The summed E-state index contributed by atoms with van der Waals surface area (Å²) >= 11 is 0. The van der Waals surface area contributed by atoms with Crippen molar-refractivity contribution in [3.8, 4) is 0 Å². The molecular weight excluding hydrogens is 190 g/mol. The second kappa shape index (κ2) is 4.10. The molecule has 0 amide bonds. The molecule has 2 saturated carbocycles. The molecule has 0 spiro atoms. The van der Waals surface area contributed by atoms with Crippen molar-refractivity contribution >= 4 is 15.7 Å². The summed E-state index contributed by atoms with van der Waals surface area (Å²) in [5.41, 5.74) is 0.00124. The van der Waals surface area contributed by atoms with E-state index < -0.39 is 5.21 Å². The lowest BCUT2D eigenvalue weighted by Gasteiger charge is -2.47. The lowest BCUT2D eigenvalue weighted by Crippen LogP contribution is -2.37. The molecule has 0 N–H and O–H groups in total. The van der Waals surface area contributed by atoms with E-state index in [1.807, 2.05) is 0 Å². The molecule has 4 radical (unpaired) electrons. The van der Waals surface area contributed by atoms with E-state index in [0.717, 1.165) is 11.8 Å². The van der Waals surface area contributed by atoms with Gasteiger partial charge >= 0.3 is 0 Å². The highest BCUT2D eigenvalue weighted by Crippen LogP contribution is 2.54. The molecule has 2 aliphatic carbocycles. The van der Waals surface area contributed by atoms with E-state index >= 15 is 0 Å². The summed E-state index contributed by atoms with van der Waals surface area (Å²) < 4.78 is 0. The van der Waals surface area contributed by atoms with Crippen LogP contribution >= 0.6 is 0 Å². The van der Waals surface area contributed by atoms with Crippen LogP contribution in [0.15, 0.2) is 0 Å². The van der Waals surface area contributed by atoms with Gasteiger partial charge in [-0.2, -0.15) is 0 Å². The van der Waals surface area contributed by atoms with Gasteiger partial charge in [0.05, 0.1) is 15.7 Å². The van der Waals surface area contributed by atoms with E-state index in [1.165, 1.54) is 38.5 Å². The fourth-order valence-corrected chi connectivity index (χ4v) is 3.66. The third kappa shape index (κ3) is 2.22. The van der Waals surface area contributed by atoms with Gasteiger partial charge in [-0.1, -0.05) is 57.6 Å². The van der Waals surface area contributed by atoms with Gasteiger partial charge in [-0.25, -0.2) is 0 Å². The minimum Gasteiger partial charge on any atom is -0.0916 e. The first-order valence-corrected chi connectivity index (χ1v) is 6.88. The molecule has 16 heavy (non-hydrogen) atoms. The highest BCUT2D eigenvalue weighted by atomic mass is 14.4. The summed E-state index contributed by atoms with van der Waals surface area (Å²) in [5, 5.41) is -0.502. The molecular formula is C14H24B2. The maximum atomic E-state index is 6.45. The number of hydrogen-bond donors (Lipinski definition) is 0. The van der Waals surface area contributed by atoms with Gasteiger partial charge in [0.15, 0.2) is 0 Å². The number of hydrogen-bond acceptors (Lipinski definition) is 0. The topological polar surface area (TPSA) is 0 Å². The smallest absolute Gasteiger partial charge is 0.0631 e. The van der Waals surface area contributed by atoms with E-state index in [4.69, 9.17) is 15.7 Å². The molecule has 0 aliphatic heterocycles. The Kier molecular flexibility index (Phi) is 3.23. The fraction of sp³-hybridized carbons (Fsp3) is 1.00. The second-order valence-corrected chi connectivity index (χ2v) is 7.24. The summed E-state index contributed by atoms with van der Waals surface area (Å²) in [7, 11) is 12.9.